The Bertz CT molecular complexity index is 514. The van der Waals surface area contributed by atoms with Gasteiger partial charge in [-0.3, -0.25) is 0 Å². The summed E-state index contributed by atoms with van der Waals surface area (Å²) in [6, 6.07) is 9.67. The zero-order chi connectivity index (χ0) is 12.8. The Morgan fingerprint density at radius 1 is 1.22 bits per heavy atom. The smallest absolute Gasteiger partial charge is 0.220 e. The molecule has 1 aromatic heterocycles. The fraction of sp³-hybridized carbons (Fsp3) is 0.286. The summed E-state index contributed by atoms with van der Waals surface area (Å²) >= 11 is 0. The van der Waals surface area contributed by atoms with Crippen LogP contribution in [-0.2, 0) is 0 Å². The van der Waals surface area contributed by atoms with Gasteiger partial charge in [-0.15, -0.1) is 0 Å². The highest BCUT2D eigenvalue weighted by Crippen LogP contribution is 2.28. The zero-order valence-corrected chi connectivity index (χ0v) is 10.5. The molecule has 1 aromatic carbocycles. The van der Waals surface area contributed by atoms with E-state index in [1.807, 2.05) is 30.3 Å². The maximum absolute atomic E-state index is 5.77. The van der Waals surface area contributed by atoms with Crippen molar-refractivity contribution in [2.24, 2.45) is 0 Å². The number of hydrogen-bond acceptors (Lipinski definition) is 4. The predicted octanol–water partition coefficient (Wildman–Crippen LogP) is 2.90. The van der Waals surface area contributed by atoms with Gasteiger partial charge >= 0.3 is 0 Å². The van der Waals surface area contributed by atoms with Gasteiger partial charge < -0.3 is 10.5 Å². The second kappa shape index (κ2) is 6.00. The highest BCUT2D eigenvalue weighted by Gasteiger charge is 2.07. The van der Waals surface area contributed by atoms with Gasteiger partial charge in [0.05, 0.1) is 12.3 Å². The Balaban J connectivity index is 2.27. The average molecular weight is 243 g/mol. The fourth-order valence-corrected chi connectivity index (χ4v) is 1.65. The van der Waals surface area contributed by atoms with Crippen molar-refractivity contribution < 1.29 is 4.74 Å². The van der Waals surface area contributed by atoms with E-state index in [0.717, 1.165) is 29.8 Å². The van der Waals surface area contributed by atoms with Crippen LogP contribution in [0.1, 0.15) is 19.8 Å². The van der Waals surface area contributed by atoms with Crippen LogP contribution in [0, 0.1) is 0 Å². The number of benzene rings is 1. The predicted molar refractivity (Wildman–Crippen MR) is 72.3 cm³/mol. The second-order valence-electron chi connectivity index (χ2n) is 4.00. The first kappa shape index (κ1) is 12.4. The molecule has 0 fully saturated rings. The number of ether oxygens (including phenoxy) is 1. The standard InChI is InChI=1S/C14H17N3O/c1-2-3-10-18-13-7-5-4-6-11(13)12-8-9-16-14(15)17-12/h4-9H,2-3,10H2,1H3,(H2,15,16,17). The molecule has 4 nitrogen and oxygen atoms in total. The number of nitrogen functional groups attached to an aromatic ring is 1. The summed E-state index contributed by atoms with van der Waals surface area (Å²) in [6.07, 6.45) is 3.81. The van der Waals surface area contributed by atoms with Crippen molar-refractivity contribution in [1.82, 2.24) is 9.97 Å². The Kier molecular flexibility index (Phi) is 4.12. The molecule has 0 radical (unpaired) electrons. The number of hydrogen-bond donors (Lipinski definition) is 1. The van der Waals surface area contributed by atoms with Gasteiger partial charge in [0.1, 0.15) is 5.75 Å². The van der Waals surface area contributed by atoms with Gasteiger partial charge in [0.2, 0.25) is 5.95 Å². The van der Waals surface area contributed by atoms with Crippen LogP contribution in [0.3, 0.4) is 0 Å². The van der Waals surface area contributed by atoms with Gasteiger partial charge in [0, 0.05) is 11.8 Å². The molecule has 2 N–H and O–H groups in total. The van der Waals surface area contributed by atoms with Crippen molar-refractivity contribution in [3.05, 3.63) is 36.5 Å². The molecule has 0 bridgehead atoms. The van der Waals surface area contributed by atoms with E-state index in [1.54, 1.807) is 6.20 Å². The maximum Gasteiger partial charge on any atom is 0.220 e. The summed E-state index contributed by atoms with van der Waals surface area (Å²) in [5.41, 5.74) is 7.34. The number of aromatic nitrogens is 2. The van der Waals surface area contributed by atoms with Crippen molar-refractivity contribution in [2.45, 2.75) is 19.8 Å². The molecule has 0 amide bonds. The first-order valence-electron chi connectivity index (χ1n) is 6.12. The van der Waals surface area contributed by atoms with Crippen LogP contribution in [0.4, 0.5) is 5.95 Å². The van der Waals surface area contributed by atoms with Crippen molar-refractivity contribution in [2.75, 3.05) is 12.3 Å². The topological polar surface area (TPSA) is 61.0 Å². The van der Waals surface area contributed by atoms with Gasteiger partial charge in [0.25, 0.3) is 0 Å². The second-order valence-corrected chi connectivity index (χ2v) is 4.00. The van der Waals surface area contributed by atoms with Crippen LogP contribution in [-0.4, -0.2) is 16.6 Å². The minimum absolute atomic E-state index is 0.274. The molecular formula is C14H17N3O. The summed E-state index contributed by atoms with van der Waals surface area (Å²) in [7, 11) is 0. The van der Waals surface area contributed by atoms with Crippen molar-refractivity contribution in [1.29, 1.82) is 0 Å². The van der Waals surface area contributed by atoms with E-state index in [1.165, 1.54) is 0 Å². The van der Waals surface area contributed by atoms with Crippen molar-refractivity contribution in [3.63, 3.8) is 0 Å². The van der Waals surface area contributed by atoms with Gasteiger partial charge in [-0.25, -0.2) is 9.97 Å². The van der Waals surface area contributed by atoms with Gasteiger partial charge in [0.15, 0.2) is 0 Å². The number of nitrogens with zero attached hydrogens (tertiary/aromatic N) is 2. The number of unbranched alkanes of at least 4 members (excludes halogenated alkanes) is 1. The van der Waals surface area contributed by atoms with E-state index in [0.29, 0.717) is 6.61 Å². The lowest BCUT2D eigenvalue weighted by molar-refractivity contribution is 0.310. The molecular weight excluding hydrogens is 226 g/mol. The van der Waals surface area contributed by atoms with E-state index in [2.05, 4.69) is 16.9 Å². The largest absolute Gasteiger partial charge is 0.493 e. The number of para-hydroxylation sites is 1. The molecule has 0 atom stereocenters. The molecule has 18 heavy (non-hydrogen) atoms. The van der Waals surface area contributed by atoms with Crippen LogP contribution in [0.25, 0.3) is 11.3 Å². The van der Waals surface area contributed by atoms with Crippen LogP contribution in [0.5, 0.6) is 5.75 Å². The summed E-state index contributed by atoms with van der Waals surface area (Å²) < 4.78 is 5.77. The van der Waals surface area contributed by atoms with Crippen LogP contribution < -0.4 is 10.5 Å². The van der Waals surface area contributed by atoms with Gasteiger partial charge in [-0.1, -0.05) is 25.5 Å². The quantitative estimate of drug-likeness (QED) is 0.820. The molecule has 2 aromatic rings. The molecule has 0 aliphatic heterocycles. The van der Waals surface area contributed by atoms with Crippen molar-refractivity contribution in [3.8, 4) is 17.0 Å². The zero-order valence-electron chi connectivity index (χ0n) is 10.5. The summed E-state index contributed by atoms with van der Waals surface area (Å²) in [4.78, 5) is 8.12. The van der Waals surface area contributed by atoms with Crippen LogP contribution in [0.15, 0.2) is 36.5 Å². The number of nitrogens with two attached hydrogens (primary N) is 1. The van der Waals surface area contributed by atoms with Crippen LogP contribution >= 0.6 is 0 Å². The minimum Gasteiger partial charge on any atom is -0.493 e. The van der Waals surface area contributed by atoms with Gasteiger partial charge in [-0.05, 0) is 24.6 Å². The third kappa shape index (κ3) is 2.97. The maximum atomic E-state index is 5.77. The molecule has 0 saturated carbocycles. The molecule has 0 aliphatic carbocycles. The Hall–Kier alpha value is -2.10. The third-order valence-electron chi connectivity index (χ3n) is 2.59. The van der Waals surface area contributed by atoms with E-state index in [9.17, 15) is 0 Å². The molecule has 0 saturated heterocycles. The van der Waals surface area contributed by atoms with E-state index in [-0.39, 0.29) is 5.95 Å². The molecule has 4 heteroatoms. The van der Waals surface area contributed by atoms with E-state index >= 15 is 0 Å². The lowest BCUT2D eigenvalue weighted by Gasteiger charge is -2.10. The monoisotopic (exact) mass is 243 g/mol. The first-order valence-corrected chi connectivity index (χ1v) is 6.12. The molecule has 2 rings (SSSR count). The number of rotatable bonds is 5. The summed E-state index contributed by atoms with van der Waals surface area (Å²) in [5, 5.41) is 0. The molecule has 1 heterocycles. The lowest BCUT2D eigenvalue weighted by atomic mass is 10.1. The normalized spacial score (nSPS) is 10.3. The average Bonchev–Trinajstić information content (AvgIpc) is 2.40. The first-order chi connectivity index (χ1) is 8.81. The van der Waals surface area contributed by atoms with E-state index in [4.69, 9.17) is 10.5 Å². The lowest BCUT2D eigenvalue weighted by Crippen LogP contribution is -2.00. The number of anilines is 1. The molecule has 0 unspecified atom stereocenters. The van der Waals surface area contributed by atoms with E-state index < -0.39 is 0 Å². The summed E-state index contributed by atoms with van der Waals surface area (Å²) in [5.74, 6) is 1.11. The van der Waals surface area contributed by atoms with Crippen LogP contribution in [0.2, 0.25) is 0 Å². The van der Waals surface area contributed by atoms with Crippen molar-refractivity contribution >= 4 is 5.95 Å². The van der Waals surface area contributed by atoms with Gasteiger partial charge in [-0.2, -0.15) is 0 Å². The Labute approximate surface area is 107 Å². The molecule has 0 aliphatic rings. The molecule has 94 valence electrons. The highest BCUT2D eigenvalue weighted by atomic mass is 16.5. The minimum atomic E-state index is 0.274. The summed E-state index contributed by atoms with van der Waals surface area (Å²) in [6.45, 7) is 2.86. The fourth-order valence-electron chi connectivity index (χ4n) is 1.65. The highest BCUT2D eigenvalue weighted by molar-refractivity contribution is 5.67. The Morgan fingerprint density at radius 2 is 2.06 bits per heavy atom. The SMILES string of the molecule is CCCCOc1ccccc1-c1ccnc(N)n1. The third-order valence-corrected chi connectivity index (χ3v) is 2.59. The molecule has 0 spiro atoms. The Morgan fingerprint density at radius 3 is 2.83 bits per heavy atom.